The molecule has 1 saturated carbocycles. The Morgan fingerprint density at radius 1 is 1.23 bits per heavy atom. The maximum Gasteiger partial charge on any atom is 0.422 e. The Bertz CT molecular complexity index is 886. The lowest BCUT2D eigenvalue weighted by Crippen LogP contribution is -2.27. The maximum absolute atomic E-state index is 12.4. The van der Waals surface area contributed by atoms with Gasteiger partial charge in [0.25, 0.3) is 0 Å². The van der Waals surface area contributed by atoms with Crippen LogP contribution in [-0.2, 0) is 19.7 Å². The molecule has 1 aromatic carbocycles. The highest BCUT2D eigenvalue weighted by Gasteiger charge is 2.53. The highest BCUT2D eigenvalue weighted by molar-refractivity contribution is 5.98. The monoisotopic (exact) mass is 361 g/mol. The van der Waals surface area contributed by atoms with Gasteiger partial charge in [-0.25, -0.2) is 9.36 Å². The summed E-state index contributed by atoms with van der Waals surface area (Å²) in [4.78, 5) is 24.7. The van der Waals surface area contributed by atoms with Crippen molar-refractivity contribution >= 4 is 23.0 Å². The third kappa shape index (κ3) is 2.87. The number of ether oxygens (including phenoxy) is 2. The summed E-state index contributed by atoms with van der Waals surface area (Å²) in [5.74, 6) is -1.31. The molecule has 0 aliphatic heterocycles. The predicted molar refractivity (Wildman–Crippen MR) is 94.4 cm³/mol. The number of fused-ring (bicyclic) bond motifs is 1. The van der Waals surface area contributed by atoms with Gasteiger partial charge in [-0.1, -0.05) is 6.07 Å². The van der Waals surface area contributed by atoms with Gasteiger partial charge in [0.2, 0.25) is 5.88 Å². The van der Waals surface area contributed by atoms with Crippen molar-refractivity contribution in [2.75, 3.05) is 6.61 Å². The zero-order valence-corrected chi connectivity index (χ0v) is 15.3. The molecular formula is C19H23NO6. The van der Waals surface area contributed by atoms with E-state index in [2.05, 4.69) is 0 Å². The number of aromatic nitrogens is 1. The number of esters is 1. The van der Waals surface area contributed by atoms with Gasteiger partial charge in [-0.15, -0.1) is 0 Å². The summed E-state index contributed by atoms with van der Waals surface area (Å²) in [7, 11) is 0. The normalized spacial score (nSPS) is 15.7. The summed E-state index contributed by atoms with van der Waals surface area (Å²) in [6.45, 7) is 7.18. The number of benzene rings is 1. The van der Waals surface area contributed by atoms with Gasteiger partial charge in [-0.2, -0.15) is 0 Å². The molecule has 1 heterocycles. The van der Waals surface area contributed by atoms with Gasteiger partial charge in [-0.3, -0.25) is 4.79 Å². The minimum atomic E-state index is -0.792. The molecule has 7 nitrogen and oxygen atoms in total. The van der Waals surface area contributed by atoms with Crippen LogP contribution >= 0.6 is 0 Å². The minimum Gasteiger partial charge on any atom is -0.503 e. The summed E-state index contributed by atoms with van der Waals surface area (Å²) < 4.78 is 11.4. The minimum absolute atomic E-state index is 0.279. The van der Waals surface area contributed by atoms with Crippen molar-refractivity contribution in [1.29, 1.82) is 0 Å². The van der Waals surface area contributed by atoms with Crippen LogP contribution in [0.25, 0.3) is 10.9 Å². The maximum atomic E-state index is 12.4. The first-order valence-corrected chi connectivity index (χ1v) is 8.58. The van der Waals surface area contributed by atoms with Gasteiger partial charge < -0.3 is 19.7 Å². The number of aromatic hydroxyl groups is 2. The fraction of sp³-hybridized carbons (Fsp3) is 0.474. The molecule has 0 radical (unpaired) electrons. The number of hydrogen-bond donors (Lipinski definition) is 2. The van der Waals surface area contributed by atoms with Gasteiger partial charge in [0.05, 0.1) is 17.5 Å². The first-order valence-electron chi connectivity index (χ1n) is 8.58. The molecule has 0 unspecified atom stereocenters. The van der Waals surface area contributed by atoms with Crippen molar-refractivity contribution in [3.8, 4) is 11.6 Å². The summed E-state index contributed by atoms with van der Waals surface area (Å²) >= 11 is 0. The molecule has 0 saturated heterocycles. The number of carbonyl (C=O) groups excluding carboxylic acids is 2. The van der Waals surface area contributed by atoms with Crippen molar-refractivity contribution in [3.05, 3.63) is 23.8 Å². The average Bonchev–Trinajstić information content (AvgIpc) is 3.30. The number of rotatable bonds is 3. The zero-order chi connectivity index (χ0) is 19.3. The standard InChI is InChI=1S/C19H23NO6/c1-5-25-16(23)19(8-9-19)11-6-7-13-12(10-11)14(21)15(22)20(13)17(24)26-18(2,3)4/h6-7,10,21-22H,5,8-9H2,1-4H3. The van der Waals surface area contributed by atoms with Crippen molar-refractivity contribution in [1.82, 2.24) is 4.57 Å². The number of nitrogens with zero attached hydrogens (tertiary/aromatic N) is 1. The van der Waals surface area contributed by atoms with Crippen molar-refractivity contribution in [2.45, 2.75) is 51.6 Å². The Hall–Kier alpha value is -2.70. The molecule has 1 aliphatic carbocycles. The van der Waals surface area contributed by atoms with Crippen LogP contribution in [0.4, 0.5) is 4.79 Å². The summed E-state index contributed by atoms with van der Waals surface area (Å²) in [5, 5.41) is 20.8. The van der Waals surface area contributed by atoms with Gasteiger partial charge in [0, 0.05) is 5.39 Å². The van der Waals surface area contributed by atoms with E-state index in [0.717, 1.165) is 4.57 Å². The second-order valence-corrected chi connectivity index (χ2v) is 7.52. The Kier molecular flexibility index (Phi) is 4.13. The van der Waals surface area contributed by atoms with Gasteiger partial charge >= 0.3 is 12.1 Å². The van der Waals surface area contributed by atoms with Gasteiger partial charge in [0.15, 0.2) is 5.75 Å². The Morgan fingerprint density at radius 3 is 2.42 bits per heavy atom. The Morgan fingerprint density at radius 2 is 1.88 bits per heavy atom. The van der Waals surface area contributed by atoms with Crippen molar-refractivity contribution < 1.29 is 29.3 Å². The molecule has 1 aliphatic rings. The molecule has 1 aromatic heterocycles. The van der Waals surface area contributed by atoms with E-state index >= 15 is 0 Å². The topological polar surface area (TPSA) is 98.0 Å². The van der Waals surface area contributed by atoms with Crippen LogP contribution in [0.1, 0.15) is 46.1 Å². The van der Waals surface area contributed by atoms with Crippen molar-refractivity contribution in [3.63, 3.8) is 0 Å². The number of hydrogen-bond acceptors (Lipinski definition) is 6. The van der Waals surface area contributed by atoms with Crippen LogP contribution in [0.2, 0.25) is 0 Å². The molecule has 0 spiro atoms. The summed E-state index contributed by atoms with van der Waals surface area (Å²) in [5.41, 5.74) is -0.462. The molecule has 0 amide bonds. The van der Waals surface area contributed by atoms with Crippen LogP contribution in [0.5, 0.6) is 11.6 Å². The fourth-order valence-electron chi connectivity index (χ4n) is 3.06. The highest BCUT2D eigenvalue weighted by atomic mass is 16.6. The van der Waals surface area contributed by atoms with E-state index in [1.54, 1.807) is 45.9 Å². The molecule has 2 aromatic rings. The van der Waals surface area contributed by atoms with Crippen LogP contribution in [0.15, 0.2) is 18.2 Å². The van der Waals surface area contributed by atoms with E-state index < -0.39 is 28.7 Å². The Labute approximate surface area is 151 Å². The lowest BCUT2D eigenvalue weighted by atomic mass is 9.95. The first kappa shape index (κ1) is 18.1. The molecule has 1 fully saturated rings. The van der Waals surface area contributed by atoms with E-state index in [1.165, 1.54) is 0 Å². The van der Waals surface area contributed by atoms with Crippen LogP contribution < -0.4 is 0 Å². The predicted octanol–water partition coefficient (Wildman–Crippen LogP) is 3.43. The smallest absolute Gasteiger partial charge is 0.422 e. The summed E-state index contributed by atoms with van der Waals surface area (Å²) in [6.07, 6.45) is 0.535. The highest BCUT2D eigenvalue weighted by Crippen LogP contribution is 2.51. The Balaban J connectivity index is 2.06. The molecular weight excluding hydrogens is 338 g/mol. The molecule has 0 atom stereocenters. The zero-order valence-electron chi connectivity index (χ0n) is 15.3. The van der Waals surface area contributed by atoms with E-state index in [9.17, 15) is 19.8 Å². The quantitative estimate of drug-likeness (QED) is 0.813. The third-order valence-corrected chi connectivity index (χ3v) is 4.46. The van der Waals surface area contributed by atoms with E-state index in [1.807, 2.05) is 0 Å². The van der Waals surface area contributed by atoms with Crippen LogP contribution in [-0.4, -0.2) is 39.1 Å². The molecule has 3 rings (SSSR count). The van der Waals surface area contributed by atoms with Crippen molar-refractivity contribution in [2.24, 2.45) is 0 Å². The molecule has 26 heavy (non-hydrogen) atoms. The lowest BCUT2D eigenvalue weighted by molar-refractivity contribution is -0.146. The van der Waals surface area contributed by atoms with Crippen LogP contribution in [0, 0.1) is 0 Å². The summed E-state index contributed by atoms with van der Waals surface area (Å²) in [6, 6.07) is 4.93. The SMILES string of the molecule is CCOC(=O)C1(c2ccc3c(c2)c(O)c(O)n3C(=O)OC(C)(C)C)CC1. The number of carbonyl (C=O) groups is 2. The van der Waals surface area contributed by atoms with Crippen LogP contribution in [0.3, 0.4) is 0 Å². The van der Waals surface area contributed by atoms with Gasteiger partial charge in [0.1, 0.15) is 5.60 Å². The second kappa shape index (κ2) is 5.93. The first-order chi connectivity index (χ1) is 12.1. The molecule has 140 valence electrons. The molecule has 2 N–H and O–H groups in total. The molecule has 0 bridgehead atoms. The van der Waals surface area contributed by atoms with E-state index in [0.29, 0.717) is 30.5 Å². The van der Waals surface area contributed by atoms with Gasteiger partial charge in [-0.05, 0) is 58.2 Å². The van der Waals surface area contributed by atoms with E-state index in [-0.39, 0.29) is 11.4 Å². The fourth-order valence-corrected chi connectivity index (χ4v) is 3.06. The largest absolute Gasteiger partial charge is 0.503 e. The average molecular weight is 361 g/mol. The third-order valence-electron chi connectivity index (χ3n) is 4.46. The second-order valence-electron chi connectivity index (χ2n) is 7.52. The lowest BCUT2D eigenvalue weighted by Gasteiger charge is -2.20. The van der Waals surface area contributed by atoms with E-state index in [4.69, 9.17) is 9.47 Å². The molecule has 7 heteroatoms.